The Balaban J connectivity index is 4.29. The normalized spacial score (nSPS) is 18.3. The van der Waals surface area contributed by atoms with Crippen LogP contribution in [0.3, 0.4) is 0 Å². The fourth-order valence-electron chi connectivity index (χ4n) is 0.941. The first kappa shape index (κ1) is 11.4. The lowest BCUT2D eigenvalue weighted by Gasteiger charge is -2.25. The molecule has 72 valence electrons. The van der Waals surface area contributed by atoms with Gasteiger partial charge in [-0.05, 0) is 13.3 Å². The maximum absolute atomic E-state index is 10.6. The van der Waals surface area contributed by atoms with Crippen molar-refractivity contribution in [2.24, 2.45) is 0 Å². The summed E-state index contributed by atoms with van der Waals surface area (Å²) in [5.41, 5.74) is -1.98. The maximum Gasteiger partial charge on any atom is 0.338 e. The van der Waals surface area contributed by atoms with E-state index in [9.17, 15) is 9.90 Å². The molecule has 0 aliphatic heterocycles. The predicted octanol–water partition coefficient (Wildman–Crippen LogP) is 0.373. The lowest BCUT2D eigenvalue weighted by Crippen LogP contribution is -2.48. The Hall–Kier alpha value is -0.610. The van der Waals surface area contributed by atoms with Crippen LogP contribution in [0.15, 0.2) is 0 Å². The number of carboxylic acids is 1. The van der Waals surface area contributed by atoms with E-state index in [-0.39, 0.29) is 6.42 Å². The molecule has 0 amide bonds. The van der Waals surface area contributed by atoms with Crippen LogP contribution in [0.2, 0.25) is 0 Å². The van der Waals surface area contributed by atoms with Crippen molar-refractivity contribution in [1.82, 2.24) is 0 Å². The molecule has 3 N–H and O–H groups in total. The molecule has 0 radical (unpaired) electrons. The number of rotatable bonds is 5. The first-order chi connectivity index (χ1) is 5.45. The lowest BCUT2D eigenvalue weighted by molar-refractivity contribution is -0.171. The highest BCUT2D eigenvalue weighted by atomic mass is 16.4. The first-order valence-corrected chi connectivity index (χ1v) is 4.09. The molecule has 4 heteroatoms. The van der Waals surface area contributed by atoms with Gasteiger partial charge in [-0.15, -0.1) is 0 Å². The number of hydrogen-bond donors (Lipinski definition) is 3. The van der Waals surface area contributed by atoms with Crippen molar-refractivity contribution in [2.75, 3.05) is 0 Å². The summed E-state index contributed by atoms with van der Waals surface area (Å²) in [6.07, 6.45) is 0.244. The van der Waals surface area contributed by atoms with Crippen LogP contribution in [0.25, 0.3) is 0 Å². The van der Waals surface area contributed by atoms with Gasteiger partial charge in [-0.1, -0.05) is 19.8 Å². The number of aliphatic hydroxyl groups excluding tert-OH is 1. The largest absolute Gasteiger partial charge is 0.479 e. The van der Waals surface area contributed by atoms with Crippen molar-refractivity contribution < 1.29 is 20.1 Å². The van der Waals surface area contributed by atoms with Gasteiger partial charge in [0.1, 0.15) is 0 Å². The third-order valence-electron chi connectivity index (χ3n) is 1.97. The first-order valence-electron chi connectivity index (χ1n) is 4.09. The van der Waals surface area contributed by atoms with Gasteiger partial charge in [0.15, 0.2) is 5.60 Å². The van der Waals surface area contributed by atoms with Crippen LogP contribution in [0, 0.1) is 0 Å². The van der Waals surface area contributed by atoms with Crippen molar-refractivity contribution in [3.8, 4) is 0 Å². The number of hydrogen-bond acceptors (Lipinski definition) is 3. The zero-order valence-electron chi connectivity index (χ0n) is 7.45. The van der Waals surface area contributed by atoms with E-state index >= 15 is 0 Å². The fraction of sp³-hybridized carbons (Fsp3) is 0.875. The number of aliphatic hydroxyl groups is 2. The minimum absolute atomic E-state index is 0.0938. The predicted molar refractivity (Wildman–Crippen MR) is 43.8 cm³/mol. The van der Waals surface area contributed by atoms with Crippen molar-refractivity contribution in [3.05, 3.63) is 0 Å². The summed E-state index contributed by atoms with van der Waals surface area (Å²) in [4.78, 5) is 10.6. The molecule has 4 nitrogen and oxygen atoms in total. The Kier molecular flexibility index (Phi) is 4.20. The molecule has 0 aliphatic carbocycles. The summed E-state index contributed by atoms with van der Waals surface area (Å²) in [6.45, 7) is 3.17. The van der Waals surface area contributed by atoms with E-state index in [2.05, 4.69) is 0 Å². The molecule has 0 aliphatic rings. The number of aliphatic carboxylic acids is 1. The van der Waals surface area contributed by atoms with Gasteiger partial charge in [-0.25, -0.2) is 4.79 Å². The van der Waals surface area contributed by atoms with Crippen LogP contribution in [0.5, 0.6) is 0 Å². The average molecular weight is 176 g/mol. The van der Waals surface area contributed by atoms with Gasteiger partial charge < -0.3 is 15.3 Å². The molecule has 0 aromatic carbocycles. The summed E-state index contributed by atoms with van der Waals surface area (Å²) >= 11 is 0. The van der Waals surface area contributed by atoms with Crippen molar-refractivity contribution in [3.63, 3.8) is 0 Å². The second kappa shape index (κ2) is 4.42. The molecular weight excluding hydrogens is 160 g/mol. The van der Waals surface area contributed by atoms with Crippen LogP contribution < -0.4 is 0 Å². The molecule has 0 saturated heterocycles. The Labute approximate surface area is 71.8 Å². The zero-order valence-corrected chi connectivity index (χ0v) is 7.45. The Bertz CT molecular complexity index is 155. The Morgan fingerprint density at radius 2 is 2.08 bits per heavy atom. The minimum atomic E-state index is -1.98. The average Bonchev–Trinajstić information content (AvgIpc) is 1.99. The van der Waals surface area contributed by atoms with Gasteiger partial charge in [0.2, 0.25) is 0 Å². The maximum atomic E-state index is 10.6. The molecule has 0 rings (SSSR count). The Morgan fingerprint density at radius 3 is 2.33 bits per heavy atom. The second-order valence-corrected chi connectivity index (χ2v) is 3.01. The number of carbonyl (C=O) groups is 1. The SMILES string of the molecule is CCCCC(O)(C(=O)O)[C@@H](C)O. The van der Waals surface area contributed by atoms with E-state index in [1.165, 1.54) is 6.92 Å². The molecule has 0 bridgehead atoms. The third-order valence-corrected chi connectivity index (χ3v) is 1.97. The summed E-state index contributed by atoms with van der Waals surface area (Å²) in [7, 11) is 0. The highest BCUT2D eigenvalue weighted by molar-refractivity contribution is 5.77. The summed E-state index contributed by atoms with van der Waals surface area (Å²) < 4.78 is 0. The third kappa shape index (κ3) is 2.46. The molecule has 2 atom stereocenters. The number of carboxylic acid groups (broad SMARTS) is 1. The van der Waals surface area contributed by atoms with E-state index in [1.54, 1.807) is 0 Å². The van der Waals surface area contributed by atoms with Gasteiger partial charge >= 0.3 is 5.97 Å². The zero-order chi connectivity index (χ0) is 9.78. The molecule has 0 saturated carbocycles. The topological polar surface area (TPSA) is 77.8 Å². The van der Waals surface area contributed by atoms with Gasteiger partial charge in [0.25, 0.3) is 0 Å². The van der Waals surface area contributed by atoms with Crippen LogP contribution in [-0.2, 0) is 4.79 Å². The molecule has 0 aromatic heterocycles. The summed E-state index contributed by atoms with van der Waals surface area (Å²) in [5, 5.41) is 27.1. The monoisotopic (exact) mass is 176 g/mol. The lowest BCUT2D eigenvalue weighted by atomic mass is 9.92. The molecule has 1 unspecified atom stereocenters. The Morgan fingerprint density at radius 1 is 1.58 bits per heavy atom. The van der Waals surface area contributed by atoms with E-state index < -0.39 is 17.7 Å². The standard InChI is InChI=1S/C8H16O4/c1-3-4-5-8(12,6(2)9)7(10)11/h6,9,12H,3-5H2,1-2H3,(H,10,11)/t6-,8?/m1/s1. The van der Waals surface area contributed by atoms with Crippen molar-refractivity contribution in [2.45, 2.75) is 44.8 Å². The van der Waals surface area contributed by atoms with Crippen molar-refractivity contribution in [1.29, 1.82) is 0 Å². The second-order valence-electron chi connectivity index (χ2n) is 3.01. The van der Waals surface area contributed by atoms with Crippen LogP contribution in [0.1, 0.15) is 33.1 Å². The van der Waals surface area contributed by atoms with Gasteiger partial charge in [-0.2, -0.15) is 0 Å². The van der Waals surface area contributed by atoms with Gasteiger partial charge in [0.05, 0.1) is 6.10 Å². The van der Waals surface area contributed by atoms with E-state index in [0.717, 1.165) is 6.42 Å². The summed E-state index contributed by atoms with van der Waals surface area (Å²) in [5.74, 6) is -1.36. The molecule has 0 aromatic rings. The smallest absolute Gasteiger partial charge is 0.338 e. The molecule has 0 heterocycles. The number of unbranched alkanes of at least 4 members (excludes halogenated alkanes) is 1. The van der Waals surface area contributed by atoms with E-state index in [0.29, 0.717) is 6.42 Å². The molecule has 0 spiro atoms. The van der Waals surface area contributed by atoms with Gasteiger partial charge in [0, 0.05) is 0 Å². The highest BCUT2D eigenvalue weighted by Gasteiger charge is 2.40. The van der Waals surface area contributed by atoms with Gasteiger partial charge in [-0.3, -0.25) is 0 Å². The van der Waals surface area contributed by atoms with Crippen LogP contribution in [0.4, 0.5) is 0 Å². The molecular formula is C8H16O4. The van der Waals surface area contributed by atoms with Crippen LogP contribution in [-0.4, -0.2) is 33.0 Å². The van der Waals surface area contributed by atoms with E-state index in [4.69, 9.17) is 10.2 Å². The molecule has 0 fully saturated rings. The minimum Gasteiger partial charge on any atom is -0.479 e. The molecule has 12 heavy (non-hydrogen) atoms. The van der Waals surface area contributed by atoms with Crippen molar-refractivity contribution >= 4 is 5.97 Å². The quantitative estimate of drug-likeness (QED) is 0.565. The van der Waals surface area contributed by atoms with Crippen LogP contribution >= 0.6 is 0 Å². The summed E-state index contributed by atoms with van der Waals surface area (Å²) in [6, 6.07) is 0. The fourth-order valence-corrected chi connectivity index (χ4v) is 0.941. The van der Waals surface area contributed by atoms with E-state index in [1.807, 2.05) is 6.92 Å². The highest BCUT2D eigenvalue weighted by Crippen LogP contribution is 2.18.